The Morgan fingerprint density at radius 3 is 2.33 bits per heavy atom. The number of rotatable bonds is 7. The Labute approximate surface area is 114 Å². The number of amides is 3. The topological polar surface area (TPSA) is 61.4 Å². The first kappa shape index (κ1) is 17.2. The first-order valence-corrected chi connectivity index (χ1v) is 6.71. The Morgan fingerprint density at radius 1 is 1.22 bits per heavy atom. The third kappa shape index (κ3) is 8.31. The van der Waals surface area contributed by atoms with Gasteiger partial charge in [-0.15, -0.1) is 11.6 Å². The summed E-state index contributed by atoms with van der Waals surface area (Å²) in [7, 11) is 2.07. The van der Waals surface area contributed by atoms with Crippen LogP contribution in [-0.4, -0.2) is 48.4 Å². The molecule has 0 aromatic carbocycles. The van der Waals surface area contributed by atoms with E-state index in [0.29, 0.717) is 12.6 Å². The predicted molar refractivity (Wildman–Crippen MR) is 73.9 cm³/mol. The number of carbonyl (C=O) groups is 2. The second-order valence-corrected chi connectivity index (χ2v) is 5.30. The van der Waals surface area contributed by atoms with E-state index < -0.39 is 17.3 Å². The molecule has 0 bridgehead atoms. The van der Waals surface area contributed by atoms with Gasteiger partial charge in [-0.3, -0.25) is 10.1 Å². The highest BCUT2D eigenvalue weighted by Gasteiger charge is 2.12. The lowest BCUT2D eigenvalue weighted by molar-refractivity contribution is -0.119. The van der Waals surface area contributed by atoms with E-state index in [1.165, 1.54) is 6.92 Å². The highest BCUT2D eigenvalue weighted by Crippen LogP contribution is 1.97. The number of hydrogen-bond acceptors (Lipinski definition) is 3. The van der Waals surface area contributed by atoms with Gasteiger partial charge in [0.2, 0.25) is 5.91 Å². The highest BCUT2D eigenvalue weighted by atomic mass is 35.5. The molecule has 0 aliphatic rings. The lowest BCUT2D eigenvalue weighted by Crippen LogP contribution is -2.42. The van der Waals surface area contributed by atoms with Crippen molar-refractivity contribution in [1.82, 2.24) is 15.5 Å². The maximum absolute atomic E-state index is 11.3. The summed E-state index contributed by atoms with van der Waals surface area (Å²) in [6.07, 6.45) is 1.89. The minimum Gasteiger partial charge on any atom is -0.338 e. The van der Waals surface area contributed by atoms with Crippen LogP contribution in [0.3, 0.4) is 0 Å². The second-order valence-electron chi connectivity index (χ2n) is 4.64. The van der Waals surface area contributed by atoms with E-state index in [9.17, 15) is 9.59 Å². The monoisotopic (exact) mass is 277 g/mol. The van der Waals surface area contributed by atoms with E-state index in [-0.39, 0.29) is 0 Å². The van der Waals surface area contributed by atoms with Gasteiger partial charge in [0.25, 0.3) is 0 Å². The van der Waals surface area contributed by atoms with Crippen LogP contribution in [0.1, 0.15) is 33.6 Å². The summed E-state index contributed by atoms with van der Waals surface area (Å²) in [4.78, 5) is 24.6. The average Bonchev–Trinajstić information content (AvgIpc) is 2.27. The number of hydrogen-bond donors (Lipinski definition) is 2. The molecule has 1 atom stereocenters. The Hall–Kier alpha value is -0.810. The van der Waals surface area contributed by atoms with Crippen LogP contribution in [0.5, 0.6) is 0 Å². The van der Waals surface area contributed by atoms with E-state index in [2.05, 4.69) is 36.4 Å². The maximum Gasteiger partial charge on any atom is 0.321 e. The van der Waals surface area contributed by atoms with Crippen LogP contribution in [0.15, 0.2) is 0 Å². The molecule has 1 unspecified atom stereocenters. The van der Waals surface area contributed by atoms with Crippen molar-refractivity contribution in [2.75, 3.05) is 20.1 Å². The average molecular weight is 278 g/mol. The van der Waals surface area contributed by atoms with Crippen molar-refractivity contribution in [3.63, 3.8) is 0 Å². The lowest BCUT2D eigenvalue weighted by Gasteiger charge is -2.20. The zero-order chi connectivity index (χ0) is 14.1. The van der Waals surface area contributed by atoms with E-state index >= 15 is 0 Å². The van der Waals surface area contributed by atoms with Gasteiger partial charge in [-0.25, -0.2) is 4.79 Å². The smallest absolute Gasteiger partial charge is 0.321 e. The summed E-state index contributed by atoms with van der Waals surface area (Å²) in [5.74, 6) is -0.478. The number of carbonyl (C=O) groups excluding carboxylic acids is 2. The van der Waals surface area contributed by atoms with Gasteiger partial charge in [-0.2, -0.15) is 0 Å². The maximum atomic E-state index is 11.3. The summed E-state index contributed by atoms with van der Waals surface area (Å²) in [6.45, 7) is 7.36. The number of halogens is 1. The standard InChI is InChI=1S/C12H24ClN3O2/c1-9(2)16(4)8-6-5-7-14-12(18)15-11(17)10(3)13/h9-10H,5-8H2,1-4H3,(H2,14,15,17,18). The summed E-state index contributed by atoms with van der Waals surface area (Å²) < 4.78 is 0. The molecular weight excluding hydrogens is 254 g/mol. The van der Waals surface area contributed by atoms with Crippen LogP contribution in [-0.2, 0) is 4.79 Å². The molecule has 3 amide bonds. The SMILES string of the molecule is CC(Cl)C(=O)NC(=O)NCCCCN(C)C(C)C. The number of unbranched alkanes of at least 4 members (excludes halogenated alkanes) is 1. The van der Waals surface area contributed by atoms with Gasteiger partial charge in [-0.1, -0.05) is 0 Å². The summed E-state index contributed by atoms with van der Waals surface area (Å²) in [5.41, 5.74) is 0. The molecule has 0 aliphatic carbocycles. The molecule has 0 saturated carbocycles. The van der Waals surface area contributed by atoms with Crippen molar-refractivity contribution in [1.29, 1.82) is 0 Å². The quantitative estimate of drug-likeness (QED) is 0.548. The van der Waals surface area contributed by atoms with Crippen molar-refractivity contribution in [2.45, 2.75) is 45.0 Å². The van der Waals surface area contributed by atoms with Gasteiger partial charge in [0.05, 0.1) is 0 Å². The normalized spacial score (nSPS) is 12.6. The second kappa shape index (κ2) is 9.16. The van der Waals surface area contributed by atoms with E-state index in [0.717, 1.165) is 19.4 Å². The third-order valence-corrected chi connectivity index (χ3v) is 2.90. The van der Waals surface area contributed by atoms with Crippen molar-refractivity contribution >= 4 is 23.5 Å². The molecule has 106 valence electrons. The summed E-state index contributed by atoms with van der Waals surface area (Å²) in [5, 5.41) is 4.09. The van der Waals surface area contributed by atoms with Crippen molar-refractivity contribution in [2.24, 2.45) is 0 Å². The molecule has 0 saturated heterocycles. The molecule has 0 heterocycles. The van der Waals surface area contributed by atoms with Gasteiger partial charge >= 0.3 is 6.03 Å². The zero-order valence-corrected chi connectivity index (χ0v) is 12.4. The van der Waals surface area contributed by atoms with Crippen LogP contribution >= 0.6 is 11.6 Å². The lowest BCUT2D eigenvalue weighted by atomic mass is 10.2. The number of nitrogens with one attached hydrogen (secondary N) is 2. The fraction of sp³-hybridized carbons (Fsp3) is 0.833. The number of imide groups is 1. The number of urea groups is 1. The fourth-order valence-corrected chi connectivity index (χ4v) is 1.26. The third-order valence-electron chi connectivity index (χ3n) is 2.70. The molecule has 0 rings (SSSR count). The first-order chi connectivity index (χ1) is 8.34. The van der Waals surface area contributed by atoms with Crippen LogP contribution < -0.4 is 10.6 Å². The van der Waals surface area contributed by atoms with Crippen molar-refractivity contribution in [3.8, 4) is 0 Å². The van der Waals surface area contributed by atoms with Crippen molar-refractivity contribution < 1.29 is 9.59 Å². The molecule has 6 heteroatoms. The Bertz CT molecular complexity index is 270. The van der Waals surface area contributed by atoms with Gasteiger partial charge in [0.1, 0.15) is 5.38 Å². The number of alkyl halides is 1. The van der Waals surface area contributed by atoms with Gasteiger partial charge < -0.3 is 10.2 Å². The van der Waals surface area contributed by atoms with Gasteiger partial charge in [0.15, 0.2) is 0 Å². The molecule has 5 nitrogen and oxygen atoms in total. The molecule has 2 N–H and O–H groups in total. The fourth-order valence-electron chi connectivity index (χ4n) is 1.20. The largest absolute Gasteiger partial charge is 0.338 e. The van der Waals surface area contributed by atoms with Crippen LogP contribution in [0.2, 0.25) is 0 Å². The molecule has 0 spiro atoms. The molecule has 0 fully saturated rings. The Balaban J connectivity index is 3.55. The first-order valence-electron chi connectivity index (χ1n) is 6.27. The van der Waals surface area contributed by atoms with Crippen LogP contribution in [0, 0.1) is 0 Å². The summed E-state index contributed by atoms with van der Waals surface area (Å²) >= 11 is 5.52. The minimum absolute atomic E-state index is 0.478. The molecular formula is C12H24ClN3O2. The highest BCUT2D eigenvalue weighted by molar-refractivity contribution is 6.31. The molecule has 18 heavy (non-hydrogen) atoms. The predicted octanol–water partition coefficient (Wildman–Crippen LogP) is 1.56. The Morgan fingerprint density at radius 2 is 1.83 bits per heavy atom. The summed E-state index contributed by atoms with van der Waals surface area (Å²) in [6, 6.07) is 0.0498. The van der Waals surface area contributed by atoms with E-state index in [4.69, 9.17) is 11.6 Å². The molecule has 0 aromatic heterocycles. The van der Waals surface area contributed by atoms with Crippen LogP contribution in [0.4, 0.5) is 4.79 Å². The molecule has 0 aromatic rings. The van der Waals surface area contributed by atoms with Crippen molar-refractivity contribution in [3.05, 3.63) is 0 Å². The molecule has 0 aliphatic heterocycles. The van der Waals surface area contributed by atoms with Crippen LogP contribution in [0.25, 0.3) is 0 Å². The zero-order valence-electron chi connectivity index (χ0n) is 11.6. The minimum atomic E-state index is -0.699. The molecule has 0 radical (unpaired) electrons. The van der Waals surface area contributed by atoms with E-state index in [1.807, 2.05) is 0 Å². The van der Waals surface area contributed by atoms with Gasteiger partial charge in [-0.05, 0) is 47.2 Å². The van der Waals surface area contributed by atoms with Gasteiger partial charge in [0, 0.05) is 12.6 Å². The Kier molecular flexibility index (Phi) is 8.75. The van der Waals surface area contributed by atoms with E-state index in [1.54, 1.807) is 0 Å². The number of nitrogens with zero attached hydrogens (tertiary/aromatic N) is 1.